The van der Waals surface area contributed by atoms with Crippen molar-refractivity contribution in [1.82, 2.24) is 15.5 Å². The number of aryl methyl sites for hydroxylation is 3. The van der Waals surface area contributed by atoms with Crippen molar-refractivity contribution in [2.45, 2.75) is 38.5 Å². The third-order valence-electron chi connectivity index (χ3n) is 3.88. The van der Waals surface area contributed by atoms with Crippen LogP contribution in [0.3, 0.4) is 0 Å². The molecule has 1 fully saturated rings. The number of nitrogens with one attached hydrogen (secondary N) is 1. The van der Waals surface area contributed by atoms with E-state index in [0.717, 1.165) is 50.6 Å². The SMILES string of the molecule is Cc1cccc(CCc2nnc(C3CCNCC3)o2)c1. The van der Waals surface area contributed by atoms with E-state index in [2.05, 4.69) is 46.7 Å². The maximum atomic E-state index is 5.83. The van der Waals surface area contributed by atoms with Crippen LogP contribution < -0.4 is 5.32 Å². The van der Waals surface area contributed by atoms with Crippen molar-refractivity contribution in [2.24, 2.45) is 0 Å². The Balaban J connectivity index is 1.59. The third kappa shape index (κ3) is 3.25. The van der Waals surface area contributed by atoms with E-state index in [-0.39, 0.29) is 0 Å². The molecule has 0 aliphatic carbocycles. The molecule has 0 amide bonds. The van der Waals surface area contributed by atoms with Gasteiger partial charge in [-0.05, 0) is 44.8 Å². The summed E-state index contributed by atoms with van der Waals surface area (Å²) in [7, 11) is 0. The maximum Gasteiger partial charge on any atom is 0.219 e. The van der Waals surface area contributed by atoms with Gasteiger partial charge in [0.15, 0.2) is 0 Å². The Morgan fingerprint density at radius 1 is 1.20 bits per heavy atom. The summed E-state index contributed by atoms with van der Waals surface area (Å²) in [6.07, 6.45) is 3.97. The third-order valence-corrected chi connectivity index (χ3v) is 3.88. The summed E-state index contributed by atoms with van der Waals surface area (Å²) in [4.78, 5) is 0. The fourth-order valence-corrected chi connectivity index (χ4v) is 2.72. The van der Waals surface area contributed by atoms with Crippen LogP contribution in [0.1, 0.15) is 41.7 Å². The highest BCUT2D eigenvalue weighted by molar-refractivity contribution is 5.22. The Morgan fingerprint density at radius 3 is 2.85 bits per heavy atom. The lowest BCUT2D eigenvalue weighted by Gasteiger charge is -2.18. The summed E-state index contributed by atoms with van der Waals surface area (Å²) in [5.74, 6) is 2.03. The highest BCUT2D eigenvalue weighted by atomic mass is 16.4. The van der Waals surface area contributed by atoms with Crippen LogP contribution in [0.15, 0.2) is 28.7 Å². The van der Waals surface area contributed by atoms with Crippen LogP contribution in [0.2, 0.25) is 0 Å². The zero-order chi connectivity index (χ0) is 13.8. The zero-order valence-corrected chi connectivity index (χ0v) is 11.9. The first-order valence-corrected chi connectivity index (χ1v) is 7.40. The first-order valence-electron chi connectivity index (χ1n) is 7.40. The number of nitrogens with zero attached hydrogens (tertiary/aromatic N) is 2. The molecule has 2 aromatic rings. The molecular weight excluding hydrogens is 250 g/mol. The average molecular weight is 271 g/mol. The monoisotopic (exact) mass is 271 g/mol. The van der Waals surface area contributed by atoms with Gasteiger partial charge in [0.1, 0.15) is 0 Å². The molecule has 1 N–H and O–H groups in total. The average Bonchev–Trinajstić information content (AvgIpc) is 2.95. The predicted molar refractivity (Wildman–Crippen MR) is 77.7 cm³/mol. The standard InChI is InChI=1S/C16H21N3O/c1-12-3-2-4-13(11-12)5-6-15-18-19-16(20-15)14-7-9-17-10-8-14/h2-4,11,14,17H,5-10H2,1H3. The number of hydrogen-bond donors (Lipinski definition) is 1. The molecule has 0 bridgehead atoms. The van der Waals surface area contributed by atoms with E-state index in [1.54, 1.807) is 0 Å². The number of benzene rings is 1. The van der Waals surface area contributed by atoms with Crippen molar-refractivity contribution >= 4 is 0 Å². The number of rotatable bonds is 4. The van der Waals surface area contributed by atoms with Gasteiger partial charge in [0.05, 0.1) is 0 Å². The van der Waals surface area contributed by atoms with Crippen LogP contribution in [0, 0.1) is 6.92 Å². The van der Waals surface area contributed by atoms with Crippen LogP contribution in [-0.4, -0.2) is 23.3 Å². The Kier molecular flexibility index (Phi) is 4.11. The first-order chi connectivity index (χ1) is 9.81. The summed E-state index contributed by atoms with van der Waals surface area (Å²) in [5, 5.41) is 11.8. The van der Waals surface area contributed by atoms with Gasteiger partial charge in [-0.25, -0.2) is 0 Å². The maximum absolute atomic E-state index is 5.83. The molecule has 3 rings (SSSR count). The number of piperidine rings is 1. The van der Waals surface area contributed by atoms with Crippen molar-refractivity contribution in [2.75, 3.05) is 13.1 Å². The Labute approximate surface area is 119 Å². The molecule has 1 aromatic heterocycles. The lowest BCUT2D eigenvalue weighted by atomic mass is 9.98. The van der Waals surface area contributed by atoms with Gasteiger partial charge < -0.3 is 9.73 Å². The van der Waals surface area contributed by atoms with E-state index < -0.39 is 0 Å². The van der Waals surface area contributed by atoms with E-state index in [1.807, 2.05) is 0 Å². The van der Waals surface area contributed by atoms with Gasteiger partial charge in [-0.1, -0.05) is 29.8 Å². The molecule has 0 spiro atoms. The number of hydrogen-bond acceptors (Lipinski definition) is 4. The fourth-order valence-electron chi connectivity index (χ4n) is 2.72. The summed E-state index contributed by atoms with van der Waals surface area (Å²) in [5.41, 5.74) is 2.62. The summed E-state index contributed by atoms with van der Waals surface area (Å²) in [6.45, 7) is 4.21. The minimum absolute atomic E-state index is 0.441. The molecule has 0 saturated carbocycles. The van der Waals surface area contributed by atoms with E-state index in [0.29, 0.717) is 5.92 Å². The van der Waals surface area contributed by atoms with E-state index in [1.165, 1.54) is 11.1 Å². The van der Waals surface area contributed by atoms with Gasteiger partial charge in [0, 0.05) is 12.3 Å². The molecular formula is C16H21N3O. The summed E-state index contributed by atoms with van der Waals surface area (Å²) < 4.78 is 5.83. The highest BCUT2D eigenvalue weighted by Gasteiger charge is 2.20. The molecule has 1 saturated heterocycles. The van der Waals surface area contributed by atoms with Crippen LogP contribution in [0.5, 0.6) is 0 Å². The van der Waals surface area contributed by atoms with Crippen molar-refractivity contribution in [3.63, 3.8) is 0 Å². The topological polar surface area (TPSA) is 51.0 Å². The zero-order valence-electron chi connectivity index (χ0n) is 11.9. The lowest BCUT2D eigenvalue weighted by molar-refractivity contribution is 0.360. The minimum atomic E-state index is 0.441. The van der Waals surface area contributed by atoms with Crippen molar-refractivity contribution in [3.05, 3.63) is 47.2 Å². The number of aromatic nitrogens is 2. The van der Waals surface area contributed by atoms with E-state index in [4.69, 9.17) is 4.42 Å². The molecule has 1 aliphatic heterocycles. The van der Waals surface area contributed by atoms with Crippen molar-refractivity contribution < 1.29 is 4.42 Å². The van der Waals surface area contributed by atoms with Gasteiger partial charge in [0.25, 0.3) is 0 Å². The molecule has 1 aliphatic rings. The van der Waals surface area contributed by atoms with Gasteiger partial charge >= 0.3 is 0 Å². The van der Waals surface area contributed by atoms with Crippen molar-refractivity contribution in [1.29, 1.82) is 0 Å². The summed E-state index contributed by atoms with van der Waals surface area (Å²) >= 11 is 0. The van der Waals surface area contributed by atoms with Crippen LogP contribution in [-0.2, 0) is 12.8 Å². The molecule has 106 valence electrons. The molecule has 20 heavy (non-hydrogen) atoms. The minimum Gasteiger partial charge on any atom is -0.425 e. The molecule has 0 radical (unpaired) electrons. The van der Waals surface area contributed by atoms with Gasteiger partial charge in [0.2, 0.25) is 11.8 Å². The summed E-state index contributed by atoms with van der Waals surface area (Å²) in [6, 6.07) is 8.57. The largest absolute Gasteiger partial charge is 0.425 e. The molecule has 0 unspecified atom stereocenters. The molecule has 2 heterocycles. The van der Waals surface area contributed by atoms with Gasteiger partial charge in [-0.2, -0.15) is 0 Å². The Hall–Kier alpha value is -1.68. The second kappa shape index (κ2) is 6.18. The second-order valence-electron chi connectivity index (χ2n) is 5.55. The predicted octanol–water partition coefficient (Wildman–Crippen LogP) is 2.63. The Morgan fingerprint density at radius 2 is 2.05 bits per heavy atom. The van der Waals surface area contributed by atoms with Gasteiger partial charge in [-0.3, -0.25) is 0 Å². The molecule has 1 aromatic carbocycles. The molecule has 0 atom stereocenters. The molecule has 4 heteroatoms. The smallest absolute Gasteiger partial charge is 0.219 e. The first kappa shape index (κ1) is 13.3. The van der Waals surface area contributed by atoms with E-state index in [9.17, 15) is 0 Å². The second-order valence-corrected chi connectivity index (χ2v) is 5.55. The van der Waals surface area contributed by atoms with Gasteiger partial charge in [-0.15, -0.1) is 10.2 Å². The van der Waals surface area contributed by atoms with E-state index >= 15 is 0 Å². The fraction of sp³-hybridized carbons (Fsp3) is 0.500. The molecule has 4 nitrogen and oxygen atoms in total. The quantitative estimate of drug-likeness (QED) is 0.928. The normalized spacial score (nSPS) is 16.4. The van der Waals surface area contributed by atoms with Crippen molar-refractivity contribution in [3.8, 4) is 0 Å². The van der Waals surface area contributed by atoms with Crippen LogP contribution in [0.25, 0.3) is 0 Å². The van der Waals surface area contributed by atoms with Crippen LogP contribution in [0.4, 0.5) is 0 Å². The van der Waals surface area contributed by atoms with Crippen LogP contribution >= 0.6 is 0 Å². The lowest BCUT2D eigenvalue weighted by Crippen LogP contribution is -2.26. The highest BCUT2D eigenvalue weighted by Crippen LogP contribution is 2.24. The Bertz CT molecular complexity index is 558.